The molecule has 0 radical (unpaired) electrons. The maximum Gasteiger partial charge on any atom is 0.412 e. The lowest BCUT2D eigenvalue weighted by Gasteiger charge is -2.14. The summed E-state index contributed by atoms with van der Waals surface area (Å²) in [6.45, 7) is 4.51. The van der Waals surface area contributed by atoms with Crippen LogP contribution in [0.3, 0.4) is 0 Å². The standard InChI is InChI=1S/C13H17NO2/c1-13(2)7-9-4-5-11(6-10(9)8-13)16-12(15)14-3/h4-6H,7-8H2,1-3H3,(H,14,15). The zero-order chi connectivity index (χ0) is 11.8. The summed E-state index contributed by atoms with van der Waals surface area (Å²) in [7, 11) is 1.55. The molecule has 1 amide bonds. The number of carbonyl (C=O) groups is 1. The molecule has 0 saturated heterocycles. The number of fused-ring (bicyclic) bond motifs is 1. The largest absolute Gasteiger partial charge is 0.412 e. The van der Waals surface area contributed by atoms with Crippen LogP contribution < -0.4 is 10.1 Å². The lowest BCUT2D eigenvalue weighted by molar-refractivity contribution is 0.203. The van der Waals surface area contributed by atoms with E-state index in [-0.39, 0.29) is 0 Å². The molecule has 0 spiro atoms. The van der Waals surface area contributed by atoms with E-state index < -0.39 is 6.09 Å². The van der Waals surface area contributed by atoms with E-state index in [0.29, 0.717) is 11.2 Å². The Morgan fingerprint density at radius 3 is 2.69 bits per heavy atom. The molecule has 1 aromatic rings. The smallest absolute Gasteiger partial charge is 0.410 e. The fraction of sp³-hybridized carbons (Fsp3) is 0.462. The van der Waals surface area contributed by atoms with E-state index >= 15 is 0 Å². The van der Waals surface area contributed by atoms with Crippen molar-refractivity contribution in [2.24, 2.45) is 5.41 Å². The summed E-state index contributed by atoms with van der Waals surface area (Å²) in [5, 5.41) is 2.44. The highest BCUT2D eigenvalue weighted by molar-refractivity contribution is 5.70. The van der Waals surface area contributed by atoms with Gasteiger partial charge in [-0.25, -0.2) is 4.79 Å². The topological polar surface area (TPSA) is 38.3 Å². The zero-order valence-electron chi connectivity index (χ0n) is 9.96. The molecule has 0 saturated carbocycles. The zero-order valence-corrected chi connectivity index (χ0v) is 9.96. The maximum atomic E-state index is 11.1. The second-order valence-corrected chi connectivity index (χ2v) is 5.09. The highest BCUT2D eigenvalue weighted by atomic mass is 16.5. The van der Waals surface area contributed by atoms with Gasteiger partial charge in [0.05, 0.1) is 0 Å². The molecular weight excluding hydrogens is 202 g/mol. The van der Waals surface area contributed by atoms with Crippen molar-refractivity contribution in [2.75, 3.05) is 7.05 Å². The van der Waals surface area contributed by atoms with Crippen molar-refractivity contribution in [3.63, 3.8) is 0 Å². The molecule has 16 heavy (non-hydrogen) atoms. The van der Waals surface area contributed by atoms with Crippen molar-refractivity contribution in [1.29, 1.82) is 0 Å². The number of benzene rings is 1. The van der Waals surface area contributed by atoms with Crippen molar-refractivity contribution < 1.29 is 9.53 Å². The van der Waals surface area contributed by atoms with Crippen LogP contribution in [0.4, 0.5) is 4.79 Å². The van der Waals surface area contributed by atoms with Crippen LogP contribution in [0.25, 0.3) is 0 Å². The van der Waals surface area contributed by atoms with Gasteiger partial charge in [-0.05, 0) is 41.5 Å². The maximum absolute atomic E-state index is 11.1. The van der Waals surface area contributed by atoms with Crippen LogP contribution in [-0.2, 0) is 12.8 Å². The molecule has 0 bridgehead atoms. The van der Waals surface area contributed by atoms with Crippen molar-refractivity contribution in [3.05, 3.63) is 29.3 Å². The molecule has 3 heteroatoms. The second kappa shape index (κ2) is 3.81. The molecule has 0 unspecified atom stereocenters. The average Bonchev–Trinajstić information content (AvgIpc) is 2.51. The van der Waals surface area contributed by atoms with E-state index in [1.54, 1.807) is 7.05 Å². The summed E-state index contributed by atoms with van der Waals surface area (Å²) < 4.78 is 5.11. The Kier molecular flexibility index (Phi) is 2.62. The molecule has 86 valence electrons. The number of amides is 1. The van der Waals surface area contributed by atoms with Gasteiger partial charge in [0.15, 0.2) is 0 Å². The van der Waals surface area contributed by atoms with Gasteiger partial charge in [0.2, 0.25) is 0 Å². The van der Waals surface area contributed by atoms with Crippen molar-refractivity contribution in [3.8, 4) is 5.75 Å². The van der Waals surface area contributed by atoms with Crippen molar-refractivity contribution in [1.82, 2.24) is 5.32 Å². The molecule has 0 heterocycles. The summed E-state index contributed by atoms with van der Waals surface area (Å²) in [5.41, 5.74) is 2.99. The van der Waals surface area contributed by atoms with Crippen molar-refractivity contribution >= 4 is 6.09 Å². The highest BCUT2D eigenvalue weighted by Crippen LogP contribution is 2.37. The number of rotatable bonds is 1. The Labute approximate surface area is 95.8 Å². The molecule has 1 aliphatic rings. The van der Waals surface area contributed by atoms with Gasteiger partial charge in [-0.2, -0.15) is 0 Å². The minimum atomic E-state index is -0.419. The van der Waals surface area contributed by atoms with Crippen LogP contribution in [-0.4, -0.2) is 13.1 Å². The molecule has 0 fully saturated rings. The molecule has 0 atom stereocenters. The summed E-state index contributed by atoms with van der Waals surface area (Å²) in [4.78, 5) is 11.1. The first-order chi connectivity index (χ1) is 7.50. The number of ether oxygens (including phenoxy) is 1. The Hall–Kier alpha value is -1.51. The summed E-state index contributed by atoms with van der Waals surface area (Å²) in [6, 6.07) is 5.89. The van der Waals surface area contributed by atoms with Crippen LogP contribution in [0.5, 0.6) is 5.75 Å². The summed E-state index contributed by atoms with van der Waals surface area (Å²) in [5.74, 6) is 0.621. The Morgan fingerprint density at radius 2 is 2.00 bits per heavy atom. The second-order valence-electron chi connectivity index (χ2n) is 5.09. The fourth-order valence-corrected chi connectivity index (χ4v) is 2.25. The normalized spacial score (nSPS) is 16.7. The predicted molar refractivity (Wildman–Crippen MR) is 62.7 cm³/mol. The lowest BCUT2D eigenvalue weighted by Crippen LogP contribution is -2.22. The number of hydrogen-bond acceptors (Lipinski definition) is 2. The summed E-state index contributed by atoms with van der Waals surface area (Å²) in [6.07, 6.45) is 1.73. The molecule has 0 aliphatic heterocycles. The van der Waals surface area contributed by atoms with Gasteiger partial charge >= 0.3 is 6.09 Å². The van der Waals surface area contributed by atoms with Gasteiger partial charge in [0, 0.05) is 7.05 Å². The van der Waals surface area contributed by atoms with Crippen LogP contribution in [0.2, 0.25) is 0 Å². The summed E-state index contributed by atoms with van der Waals surface area (Å²) >= 11 is 0. The molecule has 2 rings (SSSR count). The number of hydrogen-bond donors (Lipinski definition) is 1. The molecule has 1 aliphatic carbocycles. The van der Waals surface area contributed by atoms with Gasteiger partial charge in [0.25, 0.3) is 0 Å². The molecular formula is C13H17NO2. The van der Waals surface area contributed by atoms with E-state index in [9.17, 15) is 4.79 Å². The van der Waals surface area contributed by atoms with Gasteiger partial charge in [-0.1, -0.05) is 19.9 Å². The number of nitrogens with one attached hydrogen (secondary N) is 1. The van der Waals surface area contributed by atoms with E-state index in [4.69, 9.17) is 4.74 Å². The van der Waals surface area contributed by atoms with Crippen LogP contribution in [0, 0.1) is 5.41 Å². The van der Waals surface area contributed by atoms with Gasteiger partial charge in [-0.3, -0.25) is 0 Å². The highest BCUT2D eigenvalue weighted by Gasteiger charge is 2.28. The van der Waals surface area contributed by atoms with Crippen LogP contribution in [0.1, 0.15) is 25.0 Å². The lowest BCUT2D eigenvalue weighted by atomic mass is 9.90. The van der Waals surface area contributed by atoms with E-state index in [1.165, 1.54) is 11.1 Å². The predicted octanol–water partition coefficient (Wildman–Crippen LogP) is 2.53. The molecule has 1 aromatic carbocycles. The van der Waals surface area contributed by atoms with Crippen LogP contribution in [0.15, 0.2) is 18.2 Å². The monoisotopic (exact) mass is 219 g/mol. The quantitative estimate of drug-likeness (QED) is 0.788. The third-order valence-corrected chi connectivity index (χ3v) is 2.93. The molecule has 1 N–H and O–H groups in total. The first-order valence-electron chi connectivity index (χ1n) is 5.51. The first-order valence-corrected chi connectivity index (χ1v) is 5.51. The van der Waals surface area contributed by atoms with E-state index in [0.717, 1.165) is 12.8 Å². The molecule has 0 aromatic heterocycles. The SMILES string of the molecule is CNC(=O)Oc1ccc2c(c1)CC(C)(C)C2. The Morgan fingerprint density at radius 1 is 1.31 bits per heavy atom. The van der Waals surface area contributed by atoms with Gasteiger partial charge < -0.3 is 10.1 Å². The third-order valence-electron chi connectivity index (χ3n) is 2.93. The van der Waals surface area contributed by atoms with Gasteiger partial charge in [0.1, 0.15) is 5.75 Å². The van der Waals surface area contributed by atoms with E-state index in [2.05, 4.69) is 25.2 Å². The fourth-order valence-electron chi connectivity index (χ4n) is 2.25. The molecule has 3 nitrogen and oxygen atoms in total. The number of carbonyl (C=O) groups excluding carboxylic acids is 1. The third kappa shape index (κ3) is 2.18. The van der Waals surface area contributed by atoms with Gasteiger partial charge in [-0.15, -0.1) is 0 Å². The Bertz CT molecular complexity index is 424. The minimum Gasteiger partial charge on any atom is -0.410 e. The minimum absolute atomic E-state index is 0.327. The van der Waals surface area contributed by atoms with Crippen LogP contribution >= 0.6 is 0 Å². The average molecular weight is 219 g/mol. The Balaban J connectivity index is 2.19. The first kappa shape index (κ1) is 11.0. The van der Waals surface area contributed by atoms with E-state index in [1.807, 2.05) is 12.1 Å². The van der Waals surface area contributed by atoms with Crippen molar-refractivity contribution in [2.45, 2.75) is 26.7 Å².